The Bertz CT molecular complexity index is 197. The SMILES string of the molecule is CC(C)CNCC(CCCC1CCCO1)C(C)C. The minimum Gasteiger partial charge on any atom is -0.378 e. The number of hydrogen-bond acceptors (Lipinski definition) is 2. The molecule has 1 N–H and O–H groups in total. The maximum Gasteiger partial charge on any atom is 0.0576 e. The summed E-state index contributed by atoms with van der Waals surface area (Å²) in [5.41, 5.74) is 0. The summed E-state index contributed by atoms with van der Waals surface area (Å²) in [5.74, 6) is 2.36. The highest BCUT2D eigenvalue weighted by atomic mass is 16.5. The van der Waals surface area contributed by atoms with E-state index in [1.54, 1.807) is 0 Å². The van der Waals surface area contributed by atoms with Crippen LogP contribution in [-0.4, -0.2) is 25.8 Å². The van der Waals surface area contributed by atoms with Gasteiger partial charge in [0.15, 0.2) is 0 Å². The van der Waals surface area contributed by atoms with Gasteiger partial charge in [-0.25, -0.2) is 0 Å². The Kier molecular flexibility index (Phi) is 7.92. The Labute approximate surface area is 114 Å². The van der Waals surface area contributed by atoms with Gasteiger partial charge in [-0.3, -0.25) is 0 Å². The molecule has 2 unspecified atom stereocenters. The predicted molar refractivity (Wildman–Crippen MR) is 78.9 cm³/mol. The second kappa shape index (κ2) is 8.92. The summed E-state index contributed by atoms with van der Waals surface area (Å²) in [6.45, 7) is 12.6. The first-order valence-electron chi connectivity index (χ1n) is 7.92. The second-order valence-electron chi connectivity index (χ2n) is 6.62. The molecule has 2 atom stereocenters. The lowest BCUT2D eigenvalue weighted by Gasteiger charge is -2.22. The molecule has 0 radical (unpaired) electrons. The number of ether oxygens (including phenoxy) is 1. The molecule has 1 heterocycles. The molecular formula is C16H33NO. The standard InChI is InChI=1S/C16H33NO/c1-13(2)11-17-12-15(14(3)4)7-5-8-16-9-6-10-18-16/h13-17H,5-12H2,1-4H3. The molecule has 108 valence electrons. The van der Waals surface area contributed by atoms with E-state index in [4.69, 9.17) is 4.74 Å². The maximum absolute atomic E-state index is 5.69. The van der Waals surface area contributed by atoms with Gasteiger partial charge in [-0.2, -0.15) is 0 Å². The van der Waals surface area contributed by atoms with E-state index in [1.807, 2.05) is 0 Å². The quantitative estimate of drug-likeness (QED) is 0.675. The molecule has 0 spiro atoms. The van der Waals surface area contributed by atoms with Crippen molar-refractivity contribution in [2.45, 2.75) is 65.9 Å². The van der Waals surface area contributed by atoms with Crippen molar-refractivity contribution in [2.75, 3.05) is 19.7 Å². The summed E-state index contributed by atoms with van der Waals surface area (Å²) in [7, 11) is 0. The van der Waals surface area contributed by atoms with Crippen LogP contribution in [0.15, 0.2) is 0 Å². The lowest BCUT2D eigenvalue weighted by atomic mass is 9.89. The van der Waals surface area contributed by atoms with Crippen LogP contribution in [0.3, 0.4) is 0 Å². The Balaban J connectivity index is 2.12. The summed E-state index contributed by atoms with van der Waals surface area (Å²) < 4.78 is 5.69. The number of nitrogens with one attached hydrogen (secondary N) is 1. The van der Waals surface area contributed by atoms with E-state index >= 15 is 0 Å². The molecule has 1 aliphatic rings. The Morgan fingerprint density at radius 3 is 2.50 bits per heavy atom. The zero-order valence-corrected chi connectivity index (χ0v) is 12.9. The third-order valence-electron chi connectivity index (χ3n) is 4.03. The molecule has 1 aliphatic heterocycles. The summed E-state index contributed by atoms with van der Waals surface area (Å²) in [5, 5.41) is 3.61. The molecule has 0 saturated carbocycles. The average molecular weight is 255 g/mol. The molecule has 0 aliphatic carbocycles. The van der Waals surface area contributed by atoms with Gasteiger partial charge in [-0.05, 0) is 56.5 Å². The fourth-order valence-electron chi connectivity index (χ4n) is 2.71. The summed E-state index contributed by atoms with van der Waals surface area (Å²) in [6, 6.07) is 0. The predicted octanol–water partition coefficient (Wildman–Crippen LogP) is 3.85. The molecular weight excluding hydrogens is 222 g/mol. The van der Waals surface area contributed by atoms with Crippen molar-refractivity contribution in [1.29, 1.82) is 0 Å². The molecule has 0 amide bonds. The van der Waals surface area contributed by atoms with E-state index in [0.717, 1.165) is 30.9 Å². The molecule has 2 nitrogen and oxygen atoms in total. The van der Waals surface area contributed by atoms with Crippen LogP contribution in [0.25, 0.3) is 0 Å². The fraction of sp³-hybridized carbons (Fsp3) is 1.00. The zero-order valence-electron chi connectivity index (χ0n) is 12.9. The van der Waals surface area contributed by atoms with Crippen LogP contribution in [0.5, 0.6) is 0 Å². The molecule has 18 heavy (non-hydrogen) atoms. The van der Waals surface area contributed by atoms with Crippen LogP contribution in [0, 0.1) is 17.8 Å². The van der Waals surface area contributed by atoms with Crippen molar-refractivity contribution in [3.63, 3.8) is 0 Å². The Morgan fingerprint density at radius 1 is 1.17 bits per heavy atom. The highest BCUT2D eigenvalue weighted by Crippen LogP contribution is 2.22. The van der Waals surface area contributed by atoms with E-state index in [-0.39, 0.29) is 0 Å². The fourth-order valence-corrected chi connectivity index (χ4v) is 2.71. The molecule has 0 aromatic heterocycles. The zero-order chi connectivity index (χ0) is 13.4. The van der Waals surface area contributed by atoms with Gasteiger partial charge in [0.05, 0.1) is 6.10 Å². The molecule has 1 fully saturated rings. The van der Waals surface area contributed by atoms with Crippen molar-refractivity contribution in [3.05, 3.63) is 0 Å². The highest BCUT2D eigenvalue weighted by molar-refractivity contribution is 4.70. The van der Waals surface area contributed by atoms with Crippen LogP contribution >= 0.6 is 0 Å². The van der Waals surface area contributed by atoms with Crippen molar-refractivity contribution >= 4 is 0 Å². The minimum absolute atomic E-state index is 0.571. The first-order valence-corrected chi connectivity index (χ1v) is 7.92. The third kappa shape index (κ3) is 6.75. The first kappa shape index (κ1) is 16.0. The van der Waals surface area contributed by atoms with Crippen molar-refractivity contribution < 1.29 is 4.74 Å². The smallest absolute Gasteiger partial charge is 0.0576 e. The van der Waals surface area contributed by atoms with Crippen molar-refractivity contribution in [3.8, 4) is 0 Å². The van der Waals surface area contributed by atoms with Gasteiger partial charge in [0.25, 0.3) is 0 Å². The van der Waals surface area contributed by atoms with Gasteiger partial charge >= 0.3 is 0 Å². The van der Waals surface area contributed by atoms with Crippen LogP contribution in [0.1, 0.15) is 59.8 Å². The van der Waals surface area contributed by atoms with Gasteiger partial charge in [0.2, 0.25) is 0 Å². The molecule has 0 aromatic carbocycles. The molecule has 0 bridgehead atoms. The van der Waals surface area contributed by atoms with Gasteiger partial charge in [-0.15, -0.1) is 0 Å². The van der Waals surface area contributed by atoms with Gasteiger partial charge in [0, 0.05) is 6.61 Å². The molecule has 2 heteroatoms. The summed E-state index contributed by atoms with van der Waals surface area (Å²) >= 11 is 0. The van der Waals surface area contributed by atoms with Gasteiger partial charge in [-0.1, -0.05) is 34.1 Å². The van der Waals surface area contributed by atoms with E-state index < -0.39 is 0 Å². The summed E-state index contributed by atoms with van der Waals surface area (Å²) in [6.07, 6.45) is 7.08. The van der Waals surface area contributed by atoms with Crippen molar-refractivity contribution in [1.82, 2.24) is 5.32 Å². The Hall–Kier alpha value is -0.0800. The van der Waals surface area contributed by atoms with E-state index in [0.29, 0.717) is 6.10 Å². The van der Waals surface area contributed by atoms with Gasteiger partial charge < -0.3 is 10.1 Å². The highest BCUT2D eigenvalue weighted by Gasteiger charge is 2.17. The third-order valence-corrected chi connectivity index (χ3v) is 4.03. The normalized spacial score (nSPS) is 22.0. The maximum atomic E-state index is 5.69. The monoisotopic (exact) mass is 255 g/mol. The largest absolute Gasteiger partial charge is 0.378 e. The molecule has 1 rings (SSSR count). The Morgan fingerprint density at radius 2 is 1.94 bits per heavy atom. The summed E-state index contributed by atoms with van der Waals surface area (Å²) in [4.78, 5) is 0. The topological polar surface area (TPSA) is 21.3 Å². The second-order valence-corrected chi connectivity index (χ2v) is 6.62. The van der Waals surface area contributed by atoms with Crippen LogP contribution < -0.4 is 5.32 Å². The minimum atomic E-state index is 0.571. The van der Waals surface area contributed by atoms with Crippen LogP contribution in [-0.2, 0) is 4.74 Å². The number of hydrogen-bond donors (Lipinski definition) is 1. The molecule has 1 saturated heterocycles. The van der Waals surface area contributed by atoms with Crippen LogP contribution in [0.2, 0.25) is 0 Å². The van der Waals surface area contributed by atoms with Gasteiger partial charge in [0.1, 0.15) is 0 Å². The average Bonchev–Trinajstić information content (AvgIpc) is 2.79. The van der Waals surface area contributed by atoms with Crippen LogP contribution in [0.4, 0.5) is 0 Å². The number of rotatable bonds is 9. The van der Waals surface area contributed by atoms with E-state index in [2.05, 4.69) is 33.0 Å². The van der Waals surface area contributed by atoms with Crippen molar-refractivity contribution in [2.24, 2.45) is 17.8 Å². The van der Waals surface area contributed by atoms with E-state index in [9.17, 15) is 0 Å². The van der Waals surface area contributed by atoms with E-state index in [1.165, 1.54) is 38.6 Å². The molecule has 0 aromatic rings. The first-order chi connectivity index (χ1) is 8.59. The lowest BCUT2D eigenvalue weighted by molar-refractivity contribution is 0.0998. The lowest BCUT2D eigenvalue weighted by Crippen LogP contribution is -2.29.